The third-order valence-electron chi connectivity index (χ3n) is 3.55. The molecule has 21 heavy (non-hydrogen) atoms. The number of hydrogen-bond donors (Lipinski definition) is 1. The second kappa shape index (κ2) is 5.65. The van der Waals surface area contributed by atoms with Crippen molar-refractivity contribution in [1.29, 1.82) is 0 Å². The number of carbonyl (C=O) groups excluding carboxylic acids is 1. The van der Waals surface area contributed by atoms with Gasteiger partial charge in [-0.1, -0.05) is 18.2 Å². The normalized spacial score (nSPS) is 14.0. The molecule has 5 nitrogen and oxygen atoms in total. The molecule has 2 heterocycles. The van der Waals surface area contributed by atoms with Gasteiger partial charge in [0.1, 0.15) is 18.7 Å². The molecule has 0 saturated heterocycles. The maximum atomic E-state index is 12.3. The van der Waals surface area contributed by atoms with E-state index in [4.69, 9.17) is 0 Å². The minimum Gasteiger partial charge on any atom is -0.348 e. The number of aromatic nitrogens is 3. The zero-order valence-corrected chi connectivity index (χ0v) is 12.7. The largest absolute Gasteiger partial charge is 0.348 e. The molecule has 2 atom stereocenters. The van der Waals surface area contributed by atoms with Gasteiger partial charge in [-0.3, -0.25) is 4.79 Å². The van der Waals surface area contributed by atoms with Crippen LogP contribution in [0.15, 0.2) is 42.3 Å². The molecule has 0 aliphatic rings. The molecule has 1 N–H and O–H groups in total. The summed E-state index contributed by atoms with van der Waals surface area (Å²) in [5, 5.41) is 10.4. The van der Waals surface area contributed by atoms with E-state index < -0.39 is 0 Å². The second-order valence-electron chi connectivity index (χ2n) is 4.97. The summed E-state index contributed by atoms with van der Waals surface area (Å²) in [6.07, 6.45) is 2.98. The third-order valence-corrected chi connectivity index (χ3v) is 4.53. The summed E-state index contributed by atoms with van der Waals surface area (Å²) < 4.78 is 2.78. The molecular weight excluding hydrogens is 284 g/mol. The first-order valence-corrected chi connectivity index (χ1v) is 7.65. The fourth-order valence-corrected chi connectivity index (χ4v) is 3.34. The van der Waals surface area contributed by atoms with Crippen molar-refractivity contribution in [3.8, 4) is 0 Å². The third kappa shape index (κ3) is 2.67. The Balaban J connectivity index is 1.77. The molecule has 0 saturated carbocycles. The van der Waals surface area contributed by atoms with E-state index in [-0.39, 0.29) is 18.0 Å². The molecule has 3 aromatic rings. The van der Waals surface area contributed by atoms with Gasteiger partial charge >= 0.3 is 0 Å². The Morgan fingerprint density at radius 1 is 1.33 bits per heavy atom. The summed E-state index contributed by atoms with van der Waals surface area (Å²) in [6, 6.07) is 7.81. The molecule has 0 aliphatic carbocycles. The van der Waals surface area contributed by atoms with Crippen molar-refractivity contribution in [2.45, 2.75) is 25.9 Å². The van der Waals surface area contributed by atoms with Crippen LogP contribution in [0.2, 0.25) is 0 Å². The lowest BCUT2D eigenvalue weighted by Crippen LogP contribution is -2.33. The number of nitrogens with one attached hydrogen (secondary N) is 1. The Kier molecular flexibility index (Phi) is 3.70. The molecule has 0 spiro atoms. The van der Waals surface area contributed by atoms with Gasteiger partial charge in [0.05, 0.1) is 6.04 Å². The molecule has 1 amide bonds. The standard InChI is InChI=1S/C15H16N4OS/c1-10(13-7-21-14-6-4-3-5-12(13)14)18-15(20)11(2)19-9-16-8-17-19/h3-11H,1-2H3,(H,18,20)/t10-,11+/m0/s1. The zero-order valence-electron chi connectivity index (χ0n) is 11.9. The van der Waals surface area contributed by atoms with E-state index in [2.05, 4.69) is 32.9 Å². The highest BCUT2D eigenvalue weighted by molar-refractivity contribution is 7.17. The first-order valence-electron chi connectivity index (χ1n) is 6.77. The SMILES string of the molecule is C[C@H](NC(=O)[C@@H](C)n1cncn1)c1csc2ccccc12. The van der Waals surface area contributed by atoms with Crippen molar-refractivity contribution < 1.29 is 4.79 Å². The average molecular weight is 300 g/mol. The van der Waals surface area contributed by atoms with Gasteiger partial charge in [0.25, 0.3) is 0 Å². The maximum absolute atomic E-state index is 12.3. The Labute approximate surface area is 126 Å². The number of rotatable bonds is 4. The van der Waals surface area contributed by atoms with Crippen LogP contribution >= 0.6 is 11.3 Å². The highest BCUT2D eigenvalue weighted by Crippen LogP contribution is 2.30. The van der Waals surface area contributed by atoms with Crippen LogP contribution in [-0.4, -0.2) is 20.7 Å². The Hall–Kier alpha value is -2.21. The Morgan fingerprint density at radius 3 is 2.90 bits per heavy atom. The van der Waals surface area contributed by atoms with E-state index in [9.17, 15) is 4.79 Å². The van der Waals surface area contributed by atoms with Crippen LogP contribution in [-0.2, 0) is 4.79 Å². The maximum Gasteiger partial charge on any atom is 0.245 e. The first kappa shape index (κ1) is 13.8. The topological polar surface area (TPSA) is 59.8 Å². The van der Waals surface area contributed by atoms with E-state index in [1.54, 1.807) is 22.3 Å². The van der Waals surface area contributed by atoms with Crippen molar-refractivity contribution >= 4 is 27.3 Å². The molecule has 6 heteroatoms. The summed E-state index contributed by atoms with van der Waals surface area (Å²) in [5.41, 5.74) is 1.15. The summed E-state index contributed by atoms with van der Waals surface area (Å²) >= 11 is 1.70. The monoisotopic (exact) mass is 300 g/mol. The number of thiophene rings is 1. The summed E-state index contributed by atoms with van der Waals surface area (Å²) in [7, 11) is 0. The Morgan fingerprint density at radius 2 is 2.14 bits per heavy atom. The van der Waals surface area contributed by atoms with Gasteiger partial charge in [0, 0.05) is 4.70 Å². The number of nitrogens with zero attached hydrogens (tertiary/aromatic N) is 3. The number of fused-ring (bicyclic) bond motifs is 1. The Bertz CT molecular complexity index is 750. The van der Waals surface area contributed by atoms with Gasteiger partial charge in [-0.05, 0) is 36.2 Å². The van der Waals surface area contributed by atoms with E-state index in [0.29, 0.717) is 0 Å². The molecule has 3 rings (SSSR count). The van der Waals surface area contributed by atoms with Crippen LogP contribution in [0.3, 0.4) is 0 Å². The molecule has 0 bridgehead atoms. The lowest BCUT2D eigenvalue weighted by molar-refractivity contribution is -0.124. The molecule has 0 unspecified atom stereocenters. The van der Waals surface area contributed by atoms with Gasteiger partial charge in [-0.25, -0.2) is 9.67 Å². The van der Waals surface area contributed by atoms with Gasteiger partial charge in [0.2, 0.25) is 5.91 Å². The van der Waals surface area contributed by atoms with Crippen molar-refractivity contribution in [3.05, 3.63) is 47.9 Å². The molecule has 1 aromatic carbocycles. The highest BCUT2D eigenvalue weighted by atomic mass is 32.1. The molecule has 0 radical (unpaired) electrons. The molecular formula is C15H16N4OS. The van der Waals surface area contributed by atoms with Crippen LogP contribution in [0, 0.1) is 0 Å². The summed E-state index contributed by atoms with van der Waals surface area (Å²) in [5.74, 6) is -0.0664. The van der Waals surface area contributed by atoms with Crippen LogP contribution < -0.4 is 5.32 Å². The molecule has 0 aliphatic heterocycles. The van der Waals surface area contributed by atoms with Gasteiger partial charge in [0.15, 0.2) is 0 Å². The highest BCUT2D eigenvalue weighted by Gasteiger charge is 2.19. The molecule has 2 aromatic heterocycles. The smallest absolute Gasteiger partial charge is 0.245 e. The quantitative estimate of drug-likeness (QED) is 0.806. The van der Waals surface area contributed by atoms with E-state index in [1.165, 1.54) is 16.4 Å². The number of benzene rings is 1. The summed E-state index contributed by atoms with van der Waals surface area (Å²) in [6.45, 7) is 3.81. The van der Waals surface area contributed by atoms with Gasteiger partial charge in [-0.2, -0.15) is 5.10 Å². The van der Waals surface area contributed by atoms with Crippen LogP contribution in [0.5, 0.6) is 0 Å². The van der Waals surface area contributed by atoms with Crippen molar-refractivity contribution in [2.75, 3.05) is 0 Å². The number of carbonyl (C=O) groups is 1. The zero-order chi connectivity index (χ0) is 14.8. The number of amides is 1. The van der Waals surface area contributed by atoms with Crippen LogP contribution in [0.4, 0.5) is 0 Å². The van der Waals surface area contributed by atoms with Gasteiger partial charge in [-0.15, -0.1) is 11.3 Å². The van der Waals surface area contributed by atoms with Crippen molar-refractivity contribution in [2.24, 2.45) is 0 Å². The van der Waals surface area contributed by atoms with Crippen molar-refractivity contribution in [3.63, 3.8) is 0 Å². The fourth-order valence-electron chi connectivity index (χ4n) is 2.28. The predicted octanol–water partition coefficient (Wildman–Crippen LogP) is 2.93. The molecule has 0 fully saturated rings. The van der Waals surface area contributed by atoms with Crippen LogP contribution in [0.1, 0.15) is 31.5 Å². The summed E-state index contributed by atoms with van der Waals surface area (Å²) in [4.78, 5) is 16.2. The molecule has 108 valence electrons. The van der Waals surface area contributed by atoms with Crippen LogP contribution in [0.25, 0.3) is 10.1 Å². The second-order valence-corrected chi connectivity index (χ2v) is 5.88. The lowest BCUT2D eigenvalue weighted by Gasteiger charge is -2.17. The van der Waals surface area contributed by atoms with E-state index >= 15 is 0 Å². The fraction of sp³-hybridized carbons (Fsp3) is 0.267. The first-order chi connectivity index (χ1) is 10.2. The van der Waals surface area contributed by atoms with Crippen molar-refractivity contribution in [1.82, 2.24) is 20.1 Å². The average Bonchev–Trinajstić information content (AvgIpc) is 3.15. The van der Waals surface area contributed by atoms with E-state index in [0.717, 1.165) is 5.56 Å². The van der Waals surface area contributed by atoms with Gasteiger partial charge < -0.3 is 5.32 Å². The lowest BCUT2D eigenvalue weighted by atomic mass is 10.1. The number of hydrogen-bond acceptors (Lipinski definition) is 4. The minimum atomic E-state index is -0.375. The predicted molar refractivity (Wildman–Crippen MR) is 83.1 cm³/mol. The minimum absolute atomic E-state index is 0.0420. The van der Waals surface area contributed by atoms with E-state index in [1.807, 2.05) is 26.0 Å².